The molecule has 0 aliphatic carbocycles. The Morgan fingerprint density at radius 2 is 1.87 bits per heavy atom. The number of nitrogens with zero attached hydrogens (tertiary/aromatic N) is 2. The first-order chi connectivity index (χ1) is 7.29. The lowest BCUT2D eigenvalue weighted by molar-refractivity contribution is 0.696. The SMILES string of the molecule is C#CCn1c(=O)n(CC)c2ccccc21. The first-order valence-electron chi connectivity index (χ1n) is 4.91. The zero-order valence-corrected chi connectivity index (χ0v) is 8.60. The van der Waals surface area contributed by atoms with Gasteiger partial charge < -0.3 is 0 Å². The number of aromatic nitrogens is 2. The number of hydrogen-bond donors (Lipinski definition) is 0. The summed E-state index contributed by atoms with van der Waals surface area (Å²) in [5.41, 5.74) is 1.82. The standard InChI is InChI=1S/C12H12N2O/c1-3-9-14-11-8-6-5-7-10(11)13(4-2)12(14)15/h1,5-8H,4,9H2,2H3. The third-order valence-corrected chi connectivity index (χ3v) is 2.49. The monoisotopic (exact) mass is 200 g/mol. The summed E-state index contributed by atoms with van der Waals surface area (Å²) in [7, 11) is 0. The van der Waals surface area contributed by atoms with E-state index in [2.05, 4.69) is 5.92 Å². The van der Waals surface area contributed by atoms with Gasteiger partial charge in [0.15, 0.2) is 0 Å². The Bertz CT molecular complexity index is 584. The van der Waals surface area contributed by atoms with Gasteiger partial charge in [-0.2, -0.15) is 0 Å². The summed E-state index contributed by atoms with van der Waals surface area (Å²) in [6.45, 7) is 2.94. The average Bonchev–Trinajstić information content (AvgIpc) is 2.53. The van der Waals surface area contributed by atoms with Crippen molar-refractivity contribution in [3.8, 4) is 12.3 Å². The van der Waals surface area contributed by atoms with E-state index < -0.39 is 0 Å². The average molecular weight is 200 g/mol. The third kappa shape index (κ3) is 1.35. The molecule has 0 radical (unpaired) electrons. The third-order valence-electron chi connectivity index (χ3n) is 2.49. The second-order valence-electron chi connectivity index (χ2n) is 3.31. The first kappa shape index (κ1) is 9.60. The van der Waals surface area contributed by atoms with Crippen LogP contribution in [-0.4, -0.2) is 9.13 Å². The van der Waals surface area contributed by atoms with Crippen LogP contribution in [0, 0.1) is 12.3 Å². The number of terminal acetylenes is 1. The van der Waals surface area contributed by atoms with E-state index >= 15 is 0 Å². The van der Waals surface area contributed by atoms with Gasteiger partial charge >= 0.3 is 5.69 Å². The normalized spacial score (nSPS) is 10.4. The van der Waals surface area contributed by atoms with Gasteiger partial charge in [0.25, 0.3) is 0 Å². The van der Waals surface area contributed by atoms with Crippen molar-refractivity contribution in [2.45, 2.75) is 20.0 Å². The van der Waals surface area contributed by atoms with Crippen molar-refractivity contribution >= 4 is 11.0 Å². The van der Waals surface area contributed by atoms with Crippen LogP contribution in [0.1, 0.15) is 6.92 Å². The lowest BCUT2D eigenvalue weighted by Gasteiger charge is -1.95. The molecule has 2 aromatic rings. The summed E-state index contributed by atoms with van der Waals surface area (Å²) in [6.07, 6.45) is 5.25. The minimum atomic E-state index is -0.0309. The fourth-order valence-electron chi connectivity index (χ4n) is 1.82. The van der Waals surface area contributed by atoms with Crippen molar-refractivity contribution in [1.29, 1.82) is 0 Å². The second-order valence-corrected chi connectivity index (χ2v) is 3.31. The van der Waals surface area contributed by atoms with Crippen LogP contribution in [0.15, 0.2) is 29.1 Å². The van der Waals surface area contributed by atoms with Crippen LogP contribution in [0.5, 0.6) is 0 Å². The summed E-state index contributed by atoms with van der Waals surface area (Å²) in [5, 5.41) is 0. The molecule has 0 saturated carbocycles. The van der Waals surface area contributed by atoms with Gasteiger partial charge in [0, 0.05) is 6.54 Å². The van der Waals surface area contributed by atoms with Crippen LogP contribution >= 0.6 is 0 Å². The van der Waals surface area contributed by atoms with Crippen molar-refractivity contribution in [3.05, 3.63) is 34.7 Å². The molecule has 3 heteroatoms. The molecule has 76 valence electrons. The Morgan fingerprint density at radius 3 is 2.40 bits per heavy atom. The molecule has 2 rings (SSSR count). The molecule has 0 bridgehead atoms. The molecule has 0 aliphatic heterocycles. The maximum absolute atomic E-state index is 11.9. The minimum absolute atomic E-state index is 0.0309. The zero-order valence-electron chi connectivity index (χ0n) is 8.60. The van der Waals surface area contributed by atoms with E-state index in [0.29, 0.717) is 13.1 Å². The largest absolute Gasteiger partial charge is 0.329 e. The lowest BCUT2D eigenvalue weighted by atomic mass is 10.3. The predicted octanol–water partition coefficient (Wildman–Crippen LogP) is 1.46. The Kier molecular flexibility index (Phi) is 2.34. The second kappa shape index (κ2) is 3.66. The molecule has 0 saturated heterocycles. The van der Waals surface area contributed by atoms with Crippen LogP contribution in [0.4, 0.5) is 0 Å². The molecule has 0 aliphatic rings. The van der Waals surface area contributed by atoms with Crippen LogP contribution in [0.2, 0.25) is 0 Å². The van der Waals surface area contributed by atoms with Crippen molar-refractivity contribution in [3.63, 3.8) is 0 Å². The van der Waals surface area contributed by atoms with Gasteiger partial charge in [-0.3, -0.25) is 9.13 Å². The summed E-state index contributed by atoms with van der Waals surface area (Å²) >= 11 is 0. The predicted molar refractivity (Wildman–Crippen MR) is 60.7 cm³/mol. The Morgan fingerprint density at radius 1 is 1.27 bits per heavy atom. The van der Waals surface area contributed by atoms with E-state index in [1.165, 1.54) is 0 Å². The summed E-state index contributed by atoms with van der Waals surface area (Å²) in [4.78, 5) is 11.9. The number of hydrogen-bond acceptors (Lipinski definition) is 1. The quantitative estimate of drug-likeness (QED) is 0.674. The highest BCUT2D eigenvalue weighted by Gasteiger charge is 2.09. The molecule has 15 heavy (non-hydrogen) atoms. The molecule has 0 N–H and O–H groups in total. The van der Waals surface area contributed by atoms with Gasteiger partial charge in [0.05, 0.1) is 17.6 Å². The maximum atomic E-state index is 11.9. The van der Waals surface area contributed by atoms with Gasteiger partial charge in [-0.05, 0) is 19.1 Å². The van der Waals surface area contributed by atoms with E-state index in [4.69, 9.17) is 6.42 Å². The van der Waals surface area contributed by atoms with Gasteiger partial charge in [0.2, 0.25) is 0 Å². The molecule has 1 aromatic heterocycles. The van der Waals surface area contributed by atoms with E-state index in [0.717, 1.165) is 11.0 Å². The highest BCUT2D eigenvalue weighted by atomic mass is 16.1. The molecular formula is C12H12N2O. The number of para-hydroxylation sites is 2. The van der Waals surface area contributed by atoms with E-state index in [-0.39, 0.29) is 5.69 Å². The molecule has 3 nitrogen and oxygen atoms in total. The van der Waals surface area contributed by atoms with Gasteiger partial charge in [-0.15, -0.1) is 6.42 Å². The van der Waals surface area contributed by atoms with Crippen molar-refractivity contribution in [1.82, 2.24) is 9.13 Å². The summed E-state index contributed by atoms with van der Waals surface area (Å²) < 4.78 is 3.35. The van der Waals surface area contributed by atoms with E-state index in [1.807, 2.05) is 31.2 Å². The number of rotatable bonds is 2. The van der Waals surface area contributed by atoms with Gasteiger partial charge in [-0.25, -0.2) is 4.79 Å². The maximum Gasteiger partial charge on any atom is 0.329 e. The lowest BCUT2D eigenvalue weighted by Crippen LogP contribution is -2.23. The first-order valence-corrected chi connectivity index (χ1v) is 4.91. The summed E-state index contributed by atoms with van der Waals surface area (Å²) in [5.74, 6) is 2.50. The Labute approximate surface area is 87.9 Å². The minimum Gasteiger partial charge on any atom is -0.292 e. The molecule has 0 amide bonds. The fraction of sp³-hybridized carbons (Fsp3) is 0.250. The summed E-state index contributed by atoms with van der Waals surface area (Å²) in [6, 6.07) is 7.69. The Balaban J connectivity index is 2.86. The molecular weight excluding hydrogens is 188 g/mol. The highest BCUT2D eigenvalue weighted by Crippen LogP contribution is 2.11. The fourth-order valence-corrected chi connectivity index (χ4v) is 1.82. The van der Waals surface area contributed by atoms with Crippen LogP contribution in [0.25, 0.3) is 11.0 Å². The van der Waals surface area contributed by atoms with Crippen LogP contribution < -0.4 is 5.69 Å². The number of aryl methyl sites for hydroxylation is 1. The topological polar surface area (TPSA) is 26.9 Å². The molecule has 1 heterocycles. The van der Waals surface area contributed by atoms with Crippen LogP contribution in [0.3, 0.4) is 0 Å². The van der Waals surface area contributed by atoms with Gasteiger partial charge in [0.1, 0.15) is 0 Å². The number of imidazole rings is 1. The Hall–Kier alpha value is -1.95. The van der Waals surface area contributed by atoms with Crippen molar-refractivity contribution in [2.24, 2.45) is 0 Å². The molecule has 0 fully saturated rings. The van der Waals surface area contributed by atoms with Crippen LogP contribution in [-0.2, 0) is 13.1 Å². The molecule has 0 unspecified atom stereocenters. The molecule has 0 spiro atoms. The van der Waals surface area contributed by atoms with E-state index in [9.17, 15) is 4.79 Å². The highest BCUT2D eigenvalue weighted by molar-refractivity contribution is 5.76. The van der Waals surface area contributed by atoms with Crippen molar-refractivity contribution < 1.29 is 0 Å². The number of fused-ring (bicyclic) bond motifs is 1. The van der Waals surface area contributed by atoms with Crippen molar-refractivity contribution in [2.75, 3.05) is 0 Å². The number of benzene rings is 1. The molecule has 1 aromatic carbocycles. The van der Waals surface area contributed by atoms with E-state index in [1.54, 1.807) is 9.13 Å². The zero-order chi connectivity index (χ0) is 10.8. The smallest absolute Gasteiger partial charge is 0.292 e. The van der Waals surface area contributed by atoms with Gasteiger partial charge in [-0.1, -0.05) is 18.1 Å². The molecule has 0 atom stereocenters.